The first-order chi connectivity index (χ1) is 16.4. The van der Waals surface area contributed by atoms with Crippen LogP contribution in [0.2, 0.25) is 0 Å². The number of halogens is 1. The summed E-state index contributed by atoms with van der Waals surface area (Å²) in [5, 5.41) is 11.1. The van der Waals surface area contributed by atoms with Gasteiger partial charge in [0.25, 0.3) is 0 Å². The summed E-state index contributed by atoms with van der Waals surface area (Å²) in [4.78, 5) is 27.6. The highest BCUT2D eigenvalue weighted by Gasteiger charge is 2.18. The largest absolute Gasteiger partial charge is 0.325 e. The minimum atomic E-state index is -0.441. The molecule has 1 saturated heterocycles. The Morgan fingerprint density at radius 1 is 1.26 bits per heavy atom. The quantitative estimate of drug-likeness (QED) is 0.446. The van der Waals surface area contributed by atoms with Crippen molar-refractivity contribution in [1.82, 2.24) is 19.8 Å². The molecule has 0 atom stereocenters. The lowest BCUT2D eigenvalue weighted by Gasteiger charge is -2.16. The summed E-state index contributed by atoms with van der Waals surface area (Å²) in [5.41, 5.74) is 3.32. The molecule has 176 valence electrons. The summed E-state index contributed by atoms with van der Waals surface area (Å²) in [6.07, 6.45) is 4.90. The number of carbonyl (C=O) groups excluding carboxylic acids is 1. The normalized spacial score (nSPS) is 13.7. The number of H-pyrrole nitrogens is 1. The number of carbonyl (C=O) groups is 1. The van der Waals surface area contributed by atoms with Gasteiger partial charge in [-0.15, -0.1) is 0 Å². The number of imidazole rings is 1. The molecule has 4 rings (SSSR count). The minimum Gasteiger partial charge on any atom is -0.325 e. The van der Waals surface area contributed by atoms with Gasteiger partial charge < -0.3 is 20.1 Å². The SMILES string of the molecule is CN(C)Cc1cccc(C(=N)/C=N\c2ncc(-c3cc(NC(=O)N4CCCC4)ccc3F)[nH]2)c1. The van der Waals surface area contributed by atoms with Crippen molar-refractivity contribution in [1.29, 1.82) is 5.41 Å². The lowest BCUT2D eigenvalue weighted by Crippen LogP contribution is -2.32. The van der Waals surface area contributed by atoms with Crippen LogP contribution in [0.3, 0.4) is 0 Å². The van der Waals surface area contributed by atoms with Gasteiger partial charge in [-0.1, -0.05) is 18.2 Å². The monoisotopic (exact) mass is 461 g/mol. The number of benzene rings is 2. The molecular formula is C25H28FN7O. The van der Waals surface area contributed by atoms with Crippen molar-refractivity contribution in [2.75, 3.05) is 32.5 Å². The van der Waals surface area contributed by atoms with Crippen LogP contribution in [-0.4, -0.2) is 64.9 Å². The van der Waals surface area contributed by atoms with Crippen LogP contribution in [0.1, 0.15) is 24.0 Å². The van der Waals surface area contributed by atoms with E-state index < -0.39 is 5.82 Å². The maximum atomic E-state index is 14.5. The van der Waals surface area contributed by atoms with Crippen molar-refractivity contribution in [2.24, 2.45) is 4.99 Å². The van der Waals surface area contributed by atoms with Crippen molar-refractivity contribution in [2.45, 2.75) is 19.4 Å². The fourth-order valence-corrected chi connectivity index (χ4v) is 3.85. The molecule has 3 N–H and O–H groups in total. The number of nitrogens with zero attached hydrogens (tertiary/aromatic N) is 4. The number of anilines is 1. The van der Waals surface area contributed by atoms with Crippen LogP contribution in [0.5, 0.6) is 0 Å². The van der Waals surface area contributed by atoms with Gasteiger partial charge in [0, 0.05) is 36.4 Å². The Bertz CT molecular complexity index is 1210. The average Bonchev–Trinajstić information content (AvgIpc) is 3.51. The molecule has 9 heteroatoms. The van der Waals surface area contributed by atoms with Crippen LogP contribution in [0.25, 0.3) is 11.3 Å². The molecule has 2 aromatic carbocycles. The van der Waals surface area contributed by atoms with Gasteiger partial charge in [-0.3, -0.25) is 5.41 Å². The molecule has 2 heterocycles. The number of likely N-dealkylation sites (tertiary alicyclic amines) is 1. The second-order valence-electron chi connectivity index (χ2n) is 8.55. The van der Waals surface area contributed by atoms with Crippen molar-refractivity contribution in [3.8, 4) is 11.3 Å². The number of hydrogen-bond donors (Lipinski definition) is 3. The molecule has 0 radical (unpaired) electrons. The van der Waals surface area contributed by atoms with Gasteiger partial charge in [-0.05, 0) is 56.8 Å². The predicted molar refractivity (Wildman–Crippen MR) is 133 cm³/mol. The third-order valence-corrected chi connectivity index (χ3v) is 5.52. The summed E-state index contributed by atoms with van der Waals surface area (Å²) >= 11 is 0. The van der Waals surface area contributed by atoms with Gasteiger partial charge >= 0.3 is 6.03 Å². The van der Waals surface area contributed by atoms with Gasteiger partial charge in [0.2, 0.25) is 5.95 Å². The Morgan fingerprint density at radius 2 is 2.06 bits per heavy atom. The molecule has 8 nitrogen and oxygen atoms in total. The molecule has 2 amide bonds. The highest BCUT2D eigenvalue weighted by molar-refractivity contribution is 6.37. The lowest BCUT2D eigenvalue weighted by atomic mass is 10.1. The molecular weight excluding hydrogens is 433 g/mol. The second-order valence-corrected chi connectivity index (χ2v) is 8.55. The van der Waals surface area contributed by atoms with Crippen LogP contribution >= 0.6 is 0 Å². The minimum absolute atomic E-state index is 0.182. The van der Waals surface area contributed by atoms with E-state index in [-0.39, 0.29) is 23.3 Å². The molecule has 1 aromatic heterocycles. The number of urea groups is 1. The summed E-state index contributed by atoms with van der Waals surface area (Å²) in [7, 11) is 3.99. The number of aromatic nitrogens is 2. The Balaban J connectivity index is 1.46. The highest BCUT2D eigenvalue weighted by atomic mass is 19.1. The van der Waals surface area contributed by atoms with E-state index in [9.17, 15) is 9.18 Å². The molecule has 0 unspecified atom stereocenters. The molecule has 0 saturated carbocycles. The van der Waals surface area contributed by atoms with E-state index in [4.69, 9.17) is 5.41 Å². The molecule has 1 fully saturated rings. The Labute approximate surface area is 198 Å². The molecule has 3 aromatic rings. The molecule has 0 spiro atoms. The van der Waals surface area contributed by atoms with E-state index in [0.717, 1.165) is 43.6 Å². The van der Waals surface area contributed by atoms with Crippen LogP contribution in [0.15, 0.2) is 53.7 Å². The number of amides is 2. The van der Waals surface area contributed by atoms with E-state index in [1.54, 1.807) is 11.0 Å². The molecule has 0 bridgehead atoms. The smallest absolute Gasteiger partial charge is 0.321 e. The fourth-order valence-electron chi connectivity index (χ4n) is 3.85. The van der Waals surface area contributed by atoms with Crippen LogP contribution in [0.4, 0.5) is 20.8 Å². The van der Waals surface area contributed by atoms with E-state index >= 15 is 0 Å². The van der Waals surface area contributed by atoms with E-state index in [0.29, 0.717) is 11.4 Å². The van der Waals surface area contributed by atoms with Gasteiger partial charge in [0.1, 0.15) is 5.82 Å². The van der Waals surface area contributed by atoms with Crippen LogP contribution < -0.4 is 5.32 Å². The Hall–Kier alpha value is -3.85. The van der Waals surface area contributed by atoms with Gasteiger partial charge in [-0.25, -0.2) is 19.2 Å². The fraction of sp³-hybridized carbons (Fsp3) is 0.280. The molecule has 0 aliphatic carbocycles. The van der Waals surface area contributed by atoms with E-state index in [1.165, 1.54) is 24.5 Å². The van der Waals surface area contributed by atoms with Crippen molar-refractivity contribution < 1.29 is 9.18 Å². The average molecular weight is 462 g/mol. The number of rotatable bonds is 7. The number of aliphatic imine (C=N–C) groups is 1. The molecule has 1 aliphatic heterocycles. The van der Waals surface area contributed by atoms with Crippen LogP contribution in [0, 0.1) is 11.2 Å². The number of aromatic amines is 1. The molecule has 34 heavy (non-hydrogen) atoms. The maximum Gasteiger partial charge on any atom is 0.321 e. The van der Waals surface area contributed by atoms with Crippen molar-refractivity contribution in [3.63, 3.8) is 0 Å². The van der Waals surface area contributed by atoms with Crippen molar-refractivity contribution >= 4 is 29.6 Å². The first kappa shape index (κ1) is 23.3. The predicted octanol–water partition coefficient (Wildman–Crippen LogP) is 4.68. The Kier molecular flexibility index (Phi) is 7.12. The van der Waals surface area contributed by atoms with Gasteiger partial charge in [0.05, 0.1) is 23.8 Å². The van der Waals surface area contributed by atoms with E-state index in [2.05, 4.69) is 25.2 Å². The van der Waals surface area contributed by atoms with Crippen LogP contribution in [-0.2, 0) is 6.54 Å². The summed E-state index contributed by atoms with van der Waals surface area (Å²) in [6.45, 7) is 2.25. The zero-order chi connectivity index (χ0) is 24.1. The first-order valence-electron chi connectivity index (χ1n) is 11.2. The van der Waals surface area contributed by atoms with Gasteiger partial charge in [-0.2, -0.15) is 0 Å². The summed E-state index contributed by atoms with van der Waals surface area (Å²) in [6, 6.07) is 12.0. The first-order valence-corrected chi connectivity index (χ1v) is 11.2. The third-order valence-electron chi connectivity index (χ3n) is 5.52. The standard InChI is InChI=1S/C25H28FN7O/c1-32(2)16-17-6-5-7-18(12-17)22(27)14-28-24-29-15-23(31-24)20-13-19(8-9-21(20)26)30-25(34)33-10-3-4-11-33/h5-9,12-15,27H,3-4,10-11,16H2,1-2H3,(H,29,31)(H,30,34)/b27-22?,28-14-. The Morgan fingerprint density at radius 3 is 2.82 bits per heavy atom. The number of hydrogen-bond acceptors (Lipinski definition) is 5. The van der Waals surface area contributed by atoms with E-state index in [1.807, 2.05) is 38.4 Å². The third kappa shape index (κ3) is 5.74. The zero-order valence-electron chi connectivity index (χ0n) is 19.3. The van der Waals surface area contributed by atoms with Gasteiger partial charge in [0.15, 0.2) is 0 Å². The number of nitrogens with one attached hydrogen (secondary N) is 3. The maximum absolute atomic E-state index is 14.5. The lowest BCUT2D eigenvalue weighted by molar-refractivity contribution is 0.222. The summed E-state index contributed by atoms with van der Waals surface area (Å²) < 4.78 is 14.5. The topological polar surface area (TPSA) is 100 Å². The second kappa shape index (κ2) is 10.4. The van der Waals surface area contributed by atoms with Crippen molar-refractivity contribution in [3.05, 3.63) is 65.6 Å². The highest BCUT2D eigenvalue weighted by Crippen LogP contribution is 2.26. The zero-order valence-corrected chi connectivity index (χ0v) is 19.3. The molecule has 1 aliphatic rings. The summed E-state index contributed by atoms with van der Waals surface area (Å²) in [5.74, 6) is -0.182.